The number of amides is 1. The van der Waals surface area contributed by atoms with Gasteiger partial charge in [0.05, 0.1) is 18.7 Å². The molecule has 0 spiro atoms. The molecule has 1 N–H and O–H groups in total. The molecule has 1 saturated heterocycles. The standard InChI is InChI=1S/C22H18N2O5/c1-13-12-17(23-29-13)24-19(14-8-10-16(28-2)11-9-14)18(21(26)22(24)27)20(25)15-6-4-3-5-7-15/h3-12,19,25H,1-2H3/b20-18+. The van der Waals surface area contributed by atoms with Crippen LogP contribution in [0.5, 0.6) is 5.75 Å². The number of aliphatic hydroxyl groups excluding tert-OH is 1. The van der Waals surface area contributed by atoms with Gasteiger partial charge in [-0.1, -0.05) is 47.6 Å². The number of hydrogen-bond acceptors (Lipinski definition) is 6. The Bertz CT molecular complexity index is 1100. The third kappa shape index (κ3) is 3.16. The average Bonchev–Trinajstić information content (AvgIpc) is 3.29. The van der Waals surface area contributed by atoms with Crippen LogP contribution in [0.25, 0.3) is 5.76 Å². The van der Waals surface area contributed by atoms with E-state index in [1.54, 1.807) is 74.7 Å². The predicted molar refractivity (Wildman–Crippen MR) is 105 cm³/mol. The zero-order valence-electron chi connectivity index (χ0n) is 15.8. The molecule has 1 unspecified atom stereocenters. The first-order valence-electron chi connectivity index (χ1n) is 8.95. The number of aromatic nitrogens is 1. The second kappa shape index (κ2) is 7.27. The number of aryl methyl sites for hydroxylation is 1. The lowest BCUT2D eigenvalue weighted by Gasteiger charge is -2.23. The van der Waals surface area contributed by atoms with Crippen molar-refractivity contribution in [1.29, 1.82) is 0 Å². The number of anilines is 1. The van der Waals surface area contributed by atoms with Crippen LogP contribution in [-0.4, -0.2) is 29.1 Å². The number of methoxy groups -OCH3 is 1. The van der Waals surface area contributed by atoms with Crippen LogP contribution in [0.4, 0.5) is 5.82 Å². The van der Waals surface area contributed by atoms with Crippen molar-refractivity contribution in [2.45, 2.75) is 13.0 Å². The molecule has 1 aromatic heterocycles. The molecule has 1 aliphatic heterocycles. The van der Waals surface area contributed by atoms with Gasteiger partial charge in [-0.2, -0.15) is 0 Å². The maximum Gasteiger partial charge on any atom is 0.301 e. The molecule has 7 nitrogen and oxygen atoms in total. The third-order valence-electron chi connectivity index (χ3n) is 4.79. The number of ether oxygens (including phenoxy) is 1. The number of carbonyl (C=O) groups is 2. The van der Waals surface area contributed by atoms with E-state index in [-0.39, 0.29) is 17.2 Å². The summed E-state index contributed by atoms with van der Waals surface area (Å²) in [6, 6.07) is 16.3. The number of rotatable bonds is 4. The number of carbonyl (C=O) groups excluding carboxylic acids is 2. The smallest absolute Gasteiger partial charge is 0.301 e. The summed E-state index contributed by atoms with van der Waals surface area (Å²) in [5.74, 6) is -0.473. The fraction of sp³-hybridized carbons (Fsp3) is 0.136. The molecule has 0 radical (unpaired) electrons. The Morgan fingerprint density at radius 3 is 2.38 bits per heavy atom. The number of benzene rings is 2. The van der Waals surface area contributed by atoms with E-state index >= 15 is 0 Å². The zero-order valence-corrected chi connectivity index (χ0v) is 15.8. The highest BCUT2D eigenvalue weighted by molar-refractivity contribution is 6.51. The van der Waals surface area contributed by atoms with Crippen molar-refractivity contribution in [2.24, 2.45) is 0 Å². The topological polar surface area (TPSA) is 92.9 Å². The Kier molecular flexibility index (Phi) is 4.64. The van der Waals surface area contributed by atoms with Gasteiger partial charge in [0, 0.05) is 11.6 Å². The number of nitrogens with zero attached hydrogens (tertiary/aromatic N) is 2. The van der Waals surface area contributed by atoms with E-state index in [0.29, 0.717) is 22.6 Å². The van der Waals surface area contributed by atoms with Gasteiger partial charge >= 0.3 is 5.91 Å². The summed E-state index contributed by atoms with van der Waals surface area (Å²) in [4.78, 5) is 27.1. The summed E-state index contributed by atoms with van der Waals surface area (Å²) >= 11 is 0. The molecular weight excluding hydrogens is 372 g/mol. The van der Waals surface area contributed by atoms with Crippen LogP contribution >= 0.6 is 0 Å². The van der Waals surface area contributed by atoms with Crippen molar-refractivity contribution >= 4 is 23.3 Å². The summed E-state index contributed by atoms with van der Waals surface area (Å²) in [5, 5.41) is 14.8. The number of aliphatic hydroxyl groups is 1. The molecule has 2 heterocycles. The Morgan fingerprint density at radius 2 is 1.79 bits per heavy atom. The van der Waals surface area contributed by atoms with E-state index in [0.717, 1.165) is 0 Å². The largest absolute Gasteiger partial charge is 0.507 e. The van der Waals surface area contributed by atoms with Crippen LogP contribution < -0.4 is 9.64 Å². The molecule has 0 bridgehead atoms. The number of Topliss-reactive ketones (excluding diaryl/α,β-unsaturated/α-hetero) is 1. The molecular formula is C22H18N2O5. The molecule has 1 atom stereocenters. The van der Waals surface area contributed by atoms with Crippen LogP contribution in [0.2, 0.25) is 0 Å². The van der Waals surface area contributed by atoms with E-state index in [4.69, 9.17) is 9.26 Å². The Hall–Kier alpha value is -3.87. The second-order valence-electron chi connectivity index (χ2n) is 6.60. The summed E-state index contributed by atoms with van der Waals surface area (Å²) in [7, 11) is 1.55. The lowest BCUT2D eigenvalue weighted by Crippen LogP contribution is -2.29. The van der Waals surface area contributed by atoms with Crippen LogP contribution in [0, 0.1) is 6.92 Å². The third-order valence-corrected chi connectivity index (χ3v) is 4.79. The van der Waals surface area contributed by atoms with Crippen LogP contribution in [0.3, 0.4) is 0 Å². The quantitative estimate of drug-likeness (QED) is 0.416. The van der Waals surface area contributed by atoms with E-state index in [9.17, 15) is 14.7 Å². The highest BCUT2D eigenvalue weighted by Crippen LogP contribution is 2.42. The fourth-order valence-electron chi connectivity index (χ4n) is 3.39. The molecule has 4 rings (SSSR count). The molecule has 3 aromatic rings. The SMILES string of the molecule is COc1ccc(C2/C(=C(\O)c3ccccc3)C(=O)C(=O)N2c2cc(C)on2)cc1. The van der Waals surface area contributed by atoms with Gasteiger partial charge in [-0.15, -0.1) is 0 Å². The van der Waals surface area contributed by atoms with Crippen molar-refractivity contribution in [3.8, 4) is 5.75 Å². The molecule has 1 fully saturated rings. The van der Waals surface area contributed by atoms with Crippen molar-refractivity contribution in [1.82, 2.24) is 5.16 Å². The highest BCUT2D eigenvalue weighted by Gasteiger charge is 2.48. The monoisotopic (exact) mass is 390 g/mol. The fourth-order valence-corrected chi connectivity index (χ4v) is 3.39. The summed E-state index contributed by atoms with van der Waals surface area (Å²) in [5.41, 5.74) is 1.07. The van der Waals surface area contributed by atoms with Crippen LogP contribution in [-0.2, 0) is 9.59 Å². The predicted octanol–water partition coefficient (Wildman–Crippen LogP) is 3.62. The van der Waals surface area contributed by atoms with Crippen LogP contribution in [0.1, 0.15) is 22.9 Å². The normalized spacial score (nSPS) is 18.3. The van der Waals surface area contributed by atoms with E-state index in [2.05, 4.69) is 5.16 Å². The molecule has 0 saturated carbocycles. The van der Waals surface area contributed by atoms with Gasteiger partial charge in [0.25, 0.3) is 5.78 Å². The molecule has 2 aromatic carbocycles. The number of ketones is 1. The minimum atomic E-state index is -0.856. The number of hydrogen-bond donors (Lipinski definition) is 1. The summed E-state index contributed by atoms with van der Waals surface area (Å²) in [6.45, 7) is 1.69. The van der Waals surface area contributed by atoms with Crippen molar-refractivity contribution in [2.75, 3.05) is 12.0 Å². The van der Waals surface area contributed by atoms with Gasteiger partial charge in [0.2, 0.25) is 0 Å². The van der Waals surface area contributed by atoms with Crippen molar-refractivity contribution in [3.05, 3.63) is 83.1 Å². The Morgan fingerprint density at radius 1 is 1.10 bits per heavy atom. The van der Waals surface area contributed by atoms with Gasteiger partial charge in [-0.25, -0.2) is 0 Å². The molecule has 1 aliphatic rings. The maximum absolute atomic E-state index is 12.9. The lowest BCUT2D eigenvalue weighted by atomic mass is 9.95. The average molecular weight is 390 g/mol. The van der Waals surface area contributed by atoms with Gasteiger partial charge in [-0.3, -0.25) is 14.5 Å². The zero-order chi connectivity index (χ0) is 20.5. The minimum Gasteiger partial charge on any atom is -0.507 e. The summed E-state index contributed by atoms with van der Waals surface area (Å²) in [6.07, 6.45) is 0. The maximum atomic E-state index is 12.9. The second-order valence-corrected chi connectivity index (χ2v) is 6.60. The first-order chi connectivity index (χ1) is 14.0. The Labute approximate surface area is 166 Å². The summed E-state index contributed by atoms with van der Waals surface area (Å²) < 4.78 is 10.3. The molecule has 7 heteroatoms. The van der Waals surface area contributed by atoms with Crippen molar-refractivity contribution < 1.29 is 24.0 Å². The first-order valence-corrected chi connectivity index (χ1v) is 8.95. The first kappa shape index (κ1) is 18.5. The highest BCUT2D eigenvalue weighted by atomic mass is 16.5. The lowest BCUT2D eigenvalue weighted by molar-refractivity contribution is -0.132. The molecule has 1 amide bonds. The van der Waals surface area contributed by atoms with Crippen molar-refractivity contribution in [3.63, 3.8) is 0 Å². The van der Waals surface area contributed by atoms with E-state index in [1.807, 2.05) is 0 Å². The molecule has 0 aliphatic carbocycles. The molecule has 29 heavy (non-hydrogen) atoms. The van der Waals surface area contributed by atoms with E-state index < -0.39 is 17.7 Å². The van der Waals surface area contributed by atoms with E-state index in [1.165, 1.54) is 4.90 Å². The Balaban J connectivity index is 1.92. The van der Waals surface area contributed by atoms with Gasteiger partial charge in [0.1, 0.15) is 17.3 Å². The minimum absolute atomic E-state index is 0.00739. The van der Waals surface area contributed by atoms with Gasteiger partial charge in [-0.05, 0) is 24.6 Å². The van der Waals surface area contributed by atoms with Crippen LogP contribution in [0.15, 0.2) is 70.8 Å². The molecule has 146 valence electrons. The van der Waals surface area contributed by atoms with Gasteiger partial charge < -0.3 is 14.4 Å². The van der Waals surface area contributed by atoms with Gasteiger partial charge in [0.15, 0.2) is 5.82 Å².